The van der Waals surface area contributed by atoms with Crippen molar-refractivity contribution in [1.82, 2.24) is 9.55 Å². The van der Waals surface area contributed by atoms with E-state index in [9.17, 15) is 4.79 Å². The highest BCUT2D eigenvalue weighted by molar-refractivity contribution is 9.10. The minimum absolute atomic E-state index is 0.0650. The summed E-state index contributed by atoms with van der Waals surface area (Å²) in [5.41, 5.74) is 1.74. The normalized spacial score (nSPS) is 12.5. The molecule has 1 atom stereocenters. The van der Waals surface area contributed by atoms with E-state index in [0.717, 1.165) is 15.6 Å². The molecule has 1 aromatic heterocycles. The second-order valence-electron chi connectivity index (χ2n) is 4.88. The van der Waals surface area contributed by atoms with Gasteiger partial charge in [-0.25, -0.2) is 0 Å². The van der Waals surface area contributed by atoms with Crippen molar-refractivity contribution in [2.24, 2.45) is 0 Å². The van der Waals surface area contributed by atoms with Gasteiger partial charge in [-0.3, -0.25) is 9.36 Å². The first-order valence-corrected chi connectivity index (χ1v) is 7.77. The first-order valence-electron chi connectivity index (χ1n) is 6.57. The summed E-state index contributed by atoms with van der Waals surface area (Å²) in [6, 6.07) is 15.2. The number of nitrogens with zero attached hydrogens (tertiary/aromatic N) is 1. The Kier molecular flexibility index (Phi) is 3.78. The molecule has 5 heteroatoms. The molecule has 0 radical (unpaired) electrons. The van der Waals surface area contributed by atoms with Gasteiger partial charge in [0.1, 0.15) is 0 Å². The van der Waals surface area contributed by atoms with Crippen molar-refractivity contribution in [3.05, 3.63) is 73.7 Å². The molecule has 0 aliphatic rings. The van der Waals surface area contributed by atoms with E-state index in [1.54, 1.807) is 4.57 Å². The number of halogens is 1. The fourth-order valence-corrected chi connectivity index (χ4v) is 3.03. The van der Waals surface area contributed by atoms with Crippen molar-refractivity contribution in [3.63, 3.8) is 0 Å². The van der Waals surface area contributed by atoms with Crippen LogP contribution in [0.15, 0.2) is 57.8 Å². The molecule has 0 spiro atoms. The van der Waals surface area contributed by atoms with Gasteiger partial charge < -0.3 is 4.98 Å². The Labute approximate surface area is 135 Å². The average Bonchev–Trinajstić information content (AvgIpc) is 2.48. The van der Waals surface area contributed by atoms with Crippen molar-refractivity contribution in [3.8, 4) is 0 Å². The monoisotopic (exact) mass is 360 g/mol. The lowest BCUT2D eigenvalue weighted by Crippen LogP contribution is -2.25. The van der Waals surface area contributed by atoms with Crippen molar-refractivity contribution in [2.75, 3.05) is 0 Å². The topological polar surface area (TPSA) is 37.8 Å². The van der Waals surface area contributed by atoms with Gasteiger partial charge in [-0.1, -0.05) is 40.2 Å². The fraction of sp³-hybridized carbons (Fsp3) is 0.125. The van der Waals surface area contributed by atoms with Crippen LogP contribution >= 0.6 is 28.1 Å². The summed E-state index contributed by atoms with van der Waals surface area (Å²) < 4.78 is 3.07. The van der Waals surface area contributed by atoms with Gasteiger partial charge in [-0.15, -0.1) is 0 Å². The van der Waals surface area contributed by atoms with E-state index in [2.05, 4.69) is 20.9 Å². The summed E-state index contributed by atoms with van der Waals surface area (Å²) in [7, 11) is 0. The maximum Gasteiger partial charge on any atom is 0.262 e. The van der Waals surface area contributed by atoms with Crippen LogP contribution in [-0.4, -0.2) is 9.55 Å². The van der Waals surface area contributed by atoms with E-state index in [1.165, 1.54) is 0 Å². The number of aromatic nitrogens is 2. The molecular formula is C16H13BrN2OS. The number of H-pyrrole nitrogens is 1. The van der Waals surface area contributed by atoms with E-state index in [4.69, 9.17) is 12.2 Å². The Morgan fingerprint density at radius 3 is 2.52 bits per heavy atom. The third kappa shape index (κ3) is 2.59. The Hall–Kier alpha value is -1.72. The van der Waals surface area contributed by atoms with Gasteiger partial charge in [-0.05, 0) is 49.0 Å². The Balaban J connectivity index is 2.22. The van der Waals surface area contributed by atoms with Gasteiger partial charge in [0.2, 0.25) is 0 Å². The van der Waals surface area contributed by atoms with Crippen LogP contribution in [0.3, 0.4) is 0 Å². The van der Waals surface area contributed by atoms with Crippen LogP contribution in [0.2, 0.25) is 0 Å². The molecule has 0 bridgehead atoms. The summed E-state index contributed by atoms with van der Waals surface area (Å²) in [6.07, 6.45) is 0. The molecule has 1 unspecified atom stereocenters. The molecule has 0 aliphatic carbocycles. The predicted molar refractivity (Wildman–Crippen MR) is 91.3 cm³/mol. The lowest BCUT2D eigenvalue weighted by molar-refractivity contribution is 0.599. The molecular weight excluding hydrogens is 348 g/mol. The highest BCUT2D eigenvalue weighted by atomic mass is 79.9. The largest absolute Gasteiger partial charge is 0.332 e. The maximum atomic E-state index is 12.7. The van der Waals surface area contributed by atoms with Crippen LogP contribution in [0.5, 0.6) is 0 Å². The Morgan fingerprint density at radius 2 is 1.81 bits per heavy atom. The van der Waals surface area contributed by atoms with Crippen molar-refractivity contribution in [1.29, 1.82) is 0 Å². The molecule has 1 N–H and O–H groups in total. The number of para-hydroxylation sites is 1. The van der Waals surface area contributed by atoms with Crippen LogP contribution in [0.25, 0.3) is 10.9 Å². The number of hydrogen-bond acceptors (Lipinski definition) is 2. The summed E-state index contributed by atoms with van der Waals surface area (Å²) in [5.74, 6) is 0. The number of benzene rings is 2. The number of aromatic amines is 1. The molecule has 3 aromatic rings. The second-order valence-corrected chi connectivity index (χ2v) is 6.18. The zero-order chi connectivity index (χ0) is 15.0. The van der Waals surface area contributed by atoms with Gasteiger partial charge in [0, 0.05) is 4.47 Å². The number of hydrogen-bond donors (Lipinski definition) is 1. The quantitative estimate of drug-likeness (QED) is 0.686. The third-order valence-electron chi connectivity index (χ3n) is 3.58. The van der Waals surface area contributed by atoms with E-state index >= 15 is 0 Å². The highest BCUT2D eigenvalue weighted by Crippen LogP contribution is 2.20. The van der Waals surface area contributed by atoms with E-state index in [0.29, 0.717) is 10.2 Å². The van der Waals surface area contributed by atoms with Gasteiger partial charge in [0.05, 0.1) is 16.9 Å². The number of nitrogens with one attached hydrogen (secondary N) is 1. The second kappa shape index (κ2) is 5.58. The van der Waals surface area contributed by atoms with Crippen molar-refractivity contribution >= 4 is 39.1 Å². The average molecular weight is 361 g/mol. The van der Waals surface area contributed by atoms with Crippen LogP contribution in [0, 0.1) is 4.77 Å². The molecule has 3 nitrogen and oxygen atoms in total. The molecule has 3 rings (SSSR count). The van der Waals surface area contributed by atoms with E-state index in [1.807, 2.05) is 55.5 Å². The summed E-state index contributed by atoms with van der Waals surface area (Å²) >= 11 is 8.78. The molecule has 21 heavy (non-hydrogen) atoms. The smallest absolute Gasteiger partial charge is 0.262 e. The molecule has 1 heterocycles. The lowest BCUT2D eigenvalue weighted by atomic mass is 10.1. The van der Waals surface area contributed by atoms with Crippen molar-refractivity contribution < 1.29 is 0 Å². The molecule has 106 valence electrons. The van der Waals surface area contributed by atoms with Crippen LogP contribution in [0.4, 0.5) is 0 Å². The summed E-state index contributed by atoms with van der Waals surface area (Å²) in [5, 5.41) is 0.648. The van der Waals surface area contributed by atoms with Gasteiger partial charge in [-0.2, -0.15) is 0 Å². The Bertz CT molecular complexity index is 912. The molecule has 0 aliphatic heterocycles. The zero-order valence-electron chi connectivity index (χ0n) is 11.3. The van der Waals surface area contributed by atoms with Gasteiger partial charge in [0.15, 0.2) is 4.77 Å². The van der Waals surface area contributed by atoms with Crippen LogP contribution in [0.1, 0.15) is 18.5 Å². The molecule has 0 fully saturated rings. The molecule has 0 saturated heterocycles. The highest BCUT2D eigenvalue weighted by Gasteiger charge is 2.13. The Morgan fingerprint density at radius 1 is 1.14 bits per heavy atom. The van der Waals surface area contributed by atoms with E-state index < -0.39 is 0 Å². The van der Waals surface area contributed by atoms with Crippen molar-refractivity contribution in [2.45, 2.75) is 13.0 Å². The fourth-order valence-electron chi connectivity index (χ4n) is 2.42. The van der Waals surface area contributed by atoms with Gasteiger partial charge in [0.25, 0.3) is 5.56 Å². The number of rotatable bonds is 2. The molecule has 0 saturated carbocycles. The summed E-state index contributed by atoms with van der Waals surface area (Å²) in [6.45, 7) is 1.98. The SMILES string of the molecule is CC(c1ccc(Br)cc1)n1c(=S)[nH]c2ccccc2c1=O. The minimum Gasteiger partial charge on any atom is -0.332 e. The first-order chi connectivity index (χ1) is 10.1. The minimum atomic E-state index is -0.126. The first kappa shape index (κ1) is 14.2. The molecule has 0 amide bonds. The standard InChI is InChI=1S/C16H13BrN2OS/c1-10(11-6-8-12(17)9-7-11)19-15(20)13-4-2-3-5-14(13)18-16(19)21/h2-10H,1H3,(H,18,21). The van der Waals surface area contributed by atoms with Gasteiger partial charge >= 0.3 is 0 Å². The summed E-state index contributed by atoms with van der Waals surface area (Å²) in [4.78, 5) is 15.8. The zero-order valence-corrected chi connectivity index (χ0v) is 13.7. The third-order valence-corrected chi connectivity index (χ3v) is 4.40. The molecule has 2 aromatic carbocycles. The maximum absolute atomic E-state index is 12.7. The lowest BCUT2D eigenvalue weighted by Gasteiger charge is -2.16. The van der Waals surface area contributed by atoms with Crippen LogP contribution < -0.4 is 5.56 Å². The van der Waals surface area contributed by atoms with E-state index in [-0.39, 0.29) is 11.6 Å². The van der Waals surface area contributed by atoms with Crippen LogP contribution in [-0.2, 0) is 0 Å². The predicted octanol–water partition coefficient (Wildman–Crippen LogP) is 4.43. The number of fused-ring (bicyclic) bond motifs is 1.